The Labute approximate surface area is 188 Å². The fourth-order valence-electron chi connectivity index (χ4n) is 3.42. The Hall–Kier alpha value is -2.44. The summed E-state index contributed by atoms with van der Waals surface area (Å²) < 4.78 is 53.9. The van der Waals surface area contributed by atoms with E-state index in [0.717, 1.165) is 0 Å². The van der Waals surface area contributed by atoms with E-state index in [1.54, 1.807) is 23.8 Å². The van der Waals surface area contributed by atoms with Crippen molar-refractivity contribution in [1.82, 2.24) is 8.87 Å². The van der Waals surface area contributed by atoms with Gasteiger partial charge in [0.25, 0.3) is 5.91 Å². The summed E-state index contributed by atoms with van der Waals surface area (Å²) in [5.41, 5.74) is 0.607. The molecule has 0 bridgehead atoms. The van der Waals surface area contributed by atoms with Crippen LogP contribution < -0.4 is 4.80 Å². The van der Waals surface area contributed by atoms with E-state index in [1.165, 1.54) is 46.0 Å². The van der Waals surface area contributed by atoms with Gasteiger partial charge in [0.05, 0.1) is 34.9 Å². The number of hydrogen-bond acceptors (Lipinski definition) is 6. The van der Waals surface area contributed by atoms with Crippen molar-refractivity contribution in [3.8, 4) is 0 Å². The van der Waals surface area contributed by atoms with Crippen molar-refractivity contribution in [2.75, 3.05) is 40.0 Å². The third kappa shape index (κ3) is 4.52. The van der Waals surface area contributed by atoms with Crippen molar-refractivity contribution in [3.63, 3.8) is 0 Å². The van der Waals surface area contributed by atoms with Crippen LogP contribution in [0.5, 0.6) is 0 Å². The van der Waals surface area contributed by atoms with E-state index in [9.17, 15) is 17.6 Å². The van der Waals surface area contributed by atoms with Gasteiger partial charge in [0.15, 0.2) is 4.80 Å². The Morgan fingerprint density at radius 2 is 1.91 bits per heavy atom. The average Bonchev–Trinajstić information content (AvgIpc) is 3.16. The van der Waals surface area contributed by atoms with Gasteiger partial charge in [-0.25, -0.2) is 12.8 Å². The molecule has 1 aliphatic heterocycles. The van der Waals surface area contributed by atoms with E-state index >= 15 is 0 Å². The molecule has 8 nitrogen and oxygen atoms in total. The second kappa shape index (κ2) is 9.59. The molecule has 1 fully saturated rings. The maximum absolute atomic E-state index is 14.4. The highest BCUT2D eigenvalue weighted by atomic mass is 32.2. The number of nitrogens with zero attached hydrogens (tertiary/aromatic N) is 3. The van der Waals surface area contributed by atoms with Gasteiger partial charge in [0.1, 0.15) is 5.82 Å². The van der Waals surface area contributed by atoms with Crippen LogP contribution in [0.2, 0.25) is 0 Å². The Bertz CT molecular complexity index is 1290. The van der Waals surface area contributed by atoms with Crippen molar-refractivity contribution in [2.45, 2.75) is 11.4 Å². The molecule has 11 heteroatoms. The second-order valence-electron chi connectivity index (χ2n) is 7.07. The molecule has 1 amide bonds. The van der Waals surface area contributed by atoms with Crippen LogP contribution in [0.1, 0.15) is 10.4 Å². The van der Waals surface area contributed by atoms with Gasteiger partial charge < -0.3 is 14.0 Å². The minimum absolute atomic E-state index is 0.107. The van der Waals surface area contributed by atoms with Gasteiger partial charge in [0, 0.05) is 32.3 Å². The first-order valence-electron chi connectivity index (χ1n) is 9.95. The topological polar surface area (TPSA) is 90.2 Å². The molecule has 0 saturated carbocycles. The third-order valence-corrected chi connectivity index (χ3v) is 8.03. The number of halogens is 1. The largest absolute Gasteiger partial charge is 0.383 e. The number of aromatic nitrogens is 1. The predicted octanol–water partition coefficient (Wildman–Crippen LogP) is 2.25. The quantitative estimate of drug-likeness (QED) is 0.541. The molecule has 4 rings (SSSR count). The summed E-state index contributed by atoms with van der Waals surface area (Å²) in [6.45, 7) is 1.96. The van der Waals surface area contributed by atoms with Crippen LogP contribution in [0.25, 0.3) is 10.2 Å². The van der Waals surface area contributed by atoms with Gasteiger partial charge in [-0.15, -0.1) is 0 Å². The SMILES string of the molecule is COCCn1c(=NC(=O)c2ccc(S(=O)(=O)N3CCOCC3)cc2)sc2cccc(F)c21. The number of fused-ring (bicyclic) bond motifs is 1. The number of hydrogen-bond donors (Lipinski definition) is 0. The number of rotatable bonds is 6. The first-order valence-corrected chi connectivity index (χ1v) is 12.2. The van der Waals surface area contributed by atoms with Crippen molar-refractivity contribution in [2.24, 2.45) is 4.99 Å². The molecule has 0 radical (unpaired) electrons. The fourth-order valence-corrected chi connectivity index (χ4v) is 5.90. The van der Waals surface area contributed by atoms with Crippen LogP contribution >= 0.6 is 11.3 Å². The van der Waals surface area contributed by atoms with Gasteiger partial charge in [-0.05, 0) is 36.4 Å². The van der Waals surface area contributed by atoms with Crippen LogP contribution in [0, 0.1) is 5.82 Å². The molecular formula is C21H22FN3O5S2. The van der Waals surface area contributed by atoms with E-state index in [2.05, 4.69) is 4.99 Å². The predicted molar refractivity (Wildman–Crippen MR) is 118 cm³/mol. The van der Waals surface area contributed by atoms with E-state index in [0.29, 0.717) is 54.5 Å². The molecule has 170 valence electrons. The highest BCUT2D eigenvalue weighted by Crippen LogP contribution is 2.21. The lowest BCUT2D eigenvalue weighted by molar-refractivity contribution is 0.0730. The minimum Gasteiger partial charge on any atom is -0.383 e. The molecule has 1 aromatic heterocycles. The molecule has 0 atom stereocenters. The summed E-state index contributed by atoms with van der Waals surface area (Å²) in [5, 5.41) is 0. The number of amides is 1. The summed E-state index contributed by atoms with van der Waals surface area (Å²) in [6, 6.07) is 10.4. The van der Waals surface area contributed by atoms with Gasteiger partial charge in [-0.2, -0.15) is 9.30 Å². The highest BCUT2D eigenvalue weighted by Gasteiger charge is 2.26. The number of morpholine rings is 1. The van der Waals surface area contributed by atoms with Gasteiger partial charge >= 0.3 is 0 Å². The lowest BCUT2D eigenvalue weighted by Gasteiger charge is -2.26. The number of para-hydroxylation sites is 1. The average molecular weight is 480 g/mol. The second-order valence-corrected chi connectivity index (χ2v) is 10.0. The van der Waals surface area contributed by atoms with Crippen LogP contribution in [0.15, 0.2) is 52.4 Å². The Morgan fingerprint density at radius 1 is 1.19 bits per heavy atom. The molecule has 0 spiro atoms. The van der Waals surface area contributed by atoms with Crippen LogP contribution in [-0.4, -0.2) is 63.2 Å². The molecule has 2 aromatic carbocycles. The Balaban J connectivity index is 1.65. The summed E-state index contributed by atoms with van der Waals surface area (Å²) in [6.07, 6.45) is 0. The van der Waals surface area contributed by atoms with E-state index in [-0.39, 0.29) is 10.5 Å². The number of methoxy groups -OCH3 is 1. The number of benzene rings is 2. The first kappa shape index (κ1) is 22.7. The molecule has 1 aliphatic rings. The molecule has 0 N–H and O–H groups in total. The maximum atomic E-state index is 14.4. The zero-order chi connectivity index (χ0) is 22.7. The lowest BCUT2D eigenvalue weighted by Crippen LogP contribution is -2.40. The first-order chi connectivity index (χ1) is 15.4. The van der Waals surface area contributed by atoms with Gasteiger partial charge in [-0.1, -0.05) is 17.4 Å². The molecule has 3 aromatic rings. The number of thiazole rings is 1. The maximum Gasteiger partial charge on any atom is 0.279 e. The van der Waals surface area contributed by atoms with E-state index < -0.39 is 21.7 Å². The third-order valence-electron chi connectivity index (χ3n) is 5.08. The molecule has 0 unspecified atom stereocenters. The van der Waals surface area contributed by atoms with Crippen LogP contribution in [0.4, 0.5) is 4.39 Å². The van der Waals surface area contributed by atoms with E-state index in [4.69, 9.17) is 9.47 Å². The normalized spacial score (nSPS) is 16.0. The van der Waals surface area contributed by atoms with Crippen LogP contribution in [-0.2, 0) is 26.0 Å². The van der Waals surface area contributed by atoms with Gasteiger partial charge in [0.2, 0.25) is 10.0 Å². The van der Waals surface area contributed by atoms with Crippen LogP contribution in [0.3, 0.4) is 0 Å². The molecular weight excluding hydrogens is 457 g/mol. The minimum atomic E-state index is -3.65. The van der Waals surface area contributed by atoms with Crippen molar-refractivity contribution < 1.29 is 27.1 Å². The zero-order valence-electron chi connectivity index (χ0n) is 17.4. The number of ether oxygens (including phenoxy) is 2. The fraction of sp³-hybridized carbons (Fsp3) is 0.333. The van der Waals surface area contributed by atoms with Crippen molar-refractivity contribution in [1.29, 1.82) is 0 Å². The van der Waals surface area contributed by atoms with Crippen molar-refractivity contribution >= 4 is 37.5 Å². The highest BCUT2D eigenvalue weighted by molar-refractivity contribution is 7.89. The summed E-state index contributed by atoms with van der Waals surface area (Å²) in [5.74, 6) is -0.945. The standard InChI is InChI=1S/C21H22FN3O5S2/c1-29-12-11-25-19-17(22)3-2-4-18(19)31-21(25)23-20(26)15-5-7-16(8-6-15)32(27,28)24-9-13-30-14-10-24/h2-8H,9-14H2,1H3. The van der Waals surface area contributed by atoms with Gasteiger partial charge in [-0.3, -0.25) is 4.79 Å². The molecule has 32 heavy (non-hydrogen) atoms. The summed E-state index contributed by atoms with van der Waals surface area (Å²) in [4.78, 5) is 17.4. The molecule has 2 heterocycles. The smallest absolute Gasteiger partial charge is 0.279 e. The number of carbonyl (C=O) groups is 1. The van der Waals surface area contributed by atoms with E-state index in [1.807, 2.05) is 0 Å². The summed E-state index contributed by atoms with van der Waals surface area (Å²) >= 11 is 1.20. The number of carbonyl (C=O) groups excluding carboxylic acids is 1. The zero-order valence-corrected chi connectivity index (χ0v) is 19.0. The monoisotopic (exact) mass is 479 g/mol. The molecule has 1 saturated heterocycles. The lowest BCUT2D eigenvalue weighted by atomic mass is 10.2. The van der Waals surface area contributed by atoms with Crippen molar-refractivity contribution in [3.05, 3.63) is 58.6 Å². The Morgan fingerprint density at radius 3 is 2.59 bits per heavy atom. The summed E-state index contributed by atoms with van der Waals surface area (Å²) in [7, 11) is -2.11. The number of sulfonamides is 1. The molecule has 0 aliphatic carbocycles. The Kier molecular flexibility index (Phi) is 6.82.